The van der Waals surface area contributed by atoms with Crippen LogP contribution in [0.2, 0.25) is 0 Å². The van der Waals surface area contributed by atoms with E-state index in [2.05, 4.69) is 10.6 Å². The zero-order valence-corrected chi connectivity index (χ0v) is 9.49. The molecule has 0 atom stereocenters. The lowest BCUT2D eigenvalue weighted by Crippen LogP contribution is -2.27. The van der Waals surface area contributed by atoms with Crippen molar-refractivity contribution in [3.05, 3.63) is 29.8 Å². The van der Waals surface area contributed by atoms with Crippen LogP contribution in [-0.4, -0.2) is 18.9 Å². The van der Waals surface area contributed by atoms with Crippen LogP contribution in [0.5, 0.6) is 0 Å². The first-order valence-corrected chi connectivity index (χ1v) is 5.22. The summed E-state index contributed by atoms with van der Waals surface area (Å²) in [6.07, 6.45) is 0.588. The van der Waals surface area contributed by atoms with Crippen LogP contribution in [0.25, 0.3) is 0 Å². The summed E-state index contributed by atoms with van der Waals surface area (Å²) in [5.74, 6) is 0.295. The summed E-state index contributed by atoms with van der Waals surface area (Å²) >= 11 is 0. The summed E-state index contributed by atoms with van der Waals surface area (Å²) in [5.41, 5.74) is 1.17. The van der Waals surface area contributed by atoms with Gasteiger partial charge in [-0.15, -0.1) is 0 Å². The number of carbonyl (C=O) groups is 2. The van der Waals surface area contributed by atoms with Crippen LogP contribution in [-0.2, 0) is 4.79 Å². The number of benzene rings is 1. The smallest absolute Gasteiger partial charge is 0.251 e. The maximum atomic E-state index is 11.7. The number of hydrogen-bond donors (Lipinski definition) is 2. The first kappa shape index (κ1) is 12.2. The highest BCUT2D eigenvalue weighted by atomic mass is 16.1. The van der Waals surface area contributed by atoms with E-state index in [9.17, 15) is 9.59 Å². The van der Waals surface area contributed by atoms with Gasteiger partial charge in [-0.05, 0) is 24.1 Å². The molecular formula is C12H16N2O2. The van der Waals surface area contributed by atoms with Gasteiger partial charge in [0.15, 0.2) is 0 Å². The monoisotopic (exact) mass is 220 g/mol. The predicted molar refractivity (Wildman–Crippen MR) is 63.3 cm³/mol. The zero-order valence-electron chi connectivity index (χ0n) is 9.49. The highest BCUT2D eigenvalue weighted by Gasteiger charge is 2.06. The summed E-state index contributed by atoms with van der Waals surface area (Å²) in [6.45, 7) is 4.71. The Morgan fingerprint density at radius 2 is 2.19 bits per heavy atom. The molecule has 0 saturated carbocycles. The molecule has 0 heterocycles. The summed E-state index contributed by atoms with van der Waals surface area (Å²) < 4.78 is 0. The molecule has 4 nitrogen and oxygen atoms in total. The lowest BCUT2D eigenvalue weighted by Gasteiger charge is -2.08. The molecule has 1 aromatic rings. The Hall–Kier alpha value is -1.84. The molecule has 0 unspecified atom stereocenters. The Morgan fingerprint density at radius 1 is 1.44 bits per heavy atom. The topological polar surface area (TPSA) is 58.2 Å². The second-order valence-corrected chi connectivity index (χ2v) is 3.95. The normalized spacial score (nSPS) is 9.94. The Morgan fingerprint density at radius 3 is 2.81 bits per heavy atom. The van der Waals surface area contributed by atoms with E-state index in [1.807, 2.05) is 13.8 Å². The van der Waals surface area contributed by atoms with Crippen LogP contribution in [0.15, 0.2) is 24.3 Å². The van der Waals surface area contributed by atoms with Crippen LogP contribution < -0.4 is 10.6 Å². The minimum atomic E-state index is -0.122. The highest BCUT2D eigenvalue weighted by molar-refractivity contribution is 5.95. The largest absolute Gasteiger partial charge is 0.352 e. The molecule has 0 bridgehead atoms. The van der Waals surface area contributed by atoms with Gasteiger partial charge in [0.05, 0.1) is 0 Å². The highest BCUT2D eigenvalue weighted by Crippen LogP contribution is 2.09. The molecule has 0 radical (unpaired) electrons. The fourth-order valence-corrected chi connectivity index (χ4v) is 1.22. The summed E-state index contributed by atoms with van der Waals surface area (Å²) in [7, 11) is 0. The first-order valence-electron chi connectivity index (χ1n) is 5.22. The maximum absolute atomic E-state index is 11.7. The molecule has 0 aliphatic heterocycles. The number of nitrogens with one attached hydrogen (secondary N) is 2. The maximum Gasteiger partial charge on any atom is 0.251 e. The summed E-state index contributed by atoms with van der Waals surface area (Å²) in [6, 6.07) is 6.82. The van der Waals surface area contributed by atoms with E-state index in [-0.39, 0.29) is 5.91 Å². The van der Waals surface area contributed by atoms with Crippen molar-refractivity contribution < 1.29 is 9.59 Å². The van der Waals surface area contributed by atoms with Gasteiger partial charge in [-0.3, -0.25) is 9.59 Å². The molecule has 0 fully saturated rings. The second kappa shape index (κ2) is 5.90. The van der Waals surface area contributed by atoms with E-state index in [0.29, 0.717) is 30.1 Å². The van der Waals surface area contributed by atoms with Crippen molar-refractivity contribution in [1.29, 1.82) is 0 Å². The van der Waals surface area contributed by atoms with E-state index in [1.165, 1.54) is 0 Å². The fraction of sp³-hybridized carbons (Fsp3) is 0.333. The lowest BCUT2D eigenvalue weighted by atomic mass is 10.1. The summed E-state index contributed by atoms with van der Waals surface area (Å²) in [4.78, 5) is 21.9. The van der Waals surface area contributed by atoms with E-state index in [1.54, 1.807) is 24.3 Å². The van der Waals surface area contributed by atoms with Crippen molar-refractivity contribution in [2.45, 2.75) is 13.8 Å². The summed E-state index contributed by atoms with van der Waals surface area (Å²) in [5, 5.41) is 5.32. The van der Waals surface area contributed by atoms with Gasteiger partial charge in [0.25, 0.3) is 5.91 Å². The number of anilines is 1. The molecule has 0 aliphatic carbocycles. The Kier molecular flexibility index (Phi) is 4.51. The van der Waals surface area contributed by atoms with Crippen LogP contribution >= 0.6 is 0 Å². The van der Waals surface area contributed by atoms with Crippen molar-refractivity contribution in [1.82, 2.24) is 5.32 Å². The van der Waals surface area contributed by atoms with E-state index < -0.39 is 0 Å². The Balaban J connectivity index is 2.67. The van der Waals surface area contributed by atoms with Gasteiger partial charge in [0, 0.05) is 17.8 Å². The molecule has 0 aliphatic rings. The Bertz CT molecular complexity index is 375. The molecule has 2 N–H and O–H groups in total. The molecule has 1 aromatic carbocycles. The zero-order chi connectivity index (χ0) is 12.0. The molecule has 0 spiro atoms. The van der Waals surface area contributed by atoms with Gasteiger partial charge in [-0.1, -0.05) is 19.9 Å². The fourth-order valence-electron chi connectivity index (χ4n) is 1.22. The van der Waals surface area contributed by atoms with E-state index >= 15 is 0 Å². The molecule has 0 saturated heterocycles. The SMILES string of the molecule is CC(C)CNC(=O)c1cccc(NC=O)c1. The third-order valence-corrected chi connectivity index (χ3v) is 2.02. The second-order valence-electron chi connectivity index (χ2n) is 3.95. The van der Waals surface area contributed by atoms with Crippen molar-refractivity contribution in [3.63, 3.8) is 0 Å². The van der Waals surface area contributed by atoms with Crippen molar-refractivity contribution in [2.24, 2.45) is 5.92 Å². The Labute approximate surface area is 95.0 Å². The number of rotatable bonds is 5. The quantitative estimate of drug-likeness (QED) is 0.741. The van der Waals surface area contributed by atoms with Crippen molar-refractivity contribution >= 4 is 18.0 Å². The third kappa shape index (κ3) is 3.73. The van der Waals surface area contributed by atoms with Gasteiger partial charge in [0.2, 0.25) is 6.41 Å². The van der Waals surface area contributed by atoms with Gasteiger partial charge in [-0.2, -0.15) is 0 Å². The van der Waals surface area contributed by atoms with Crippen LogP contribution in [0.4, 0.5) is 5.69 Å². The minimum Gasteiger partial charge on any atom is -0.352 e. The first-order chi connectivity index (χ1) is 7.63. The number of carbonyl (C=O) groups excluding carboxylic acids is 2. The van der Waals surface area contributed by atoms with Crippen LogP contribution in [0.3, 0.4) is 0 Å². The average Bonchev–Trinajstić information content (AvgIpc) is 2.26. The van der Waals surface area contributed by atoms with E-state index in [4.69, 9.17) is 0 Å². The molecule has 86 valence electrons. The van der Waals surface area contributed by atoms with Crippen molar-refractivity contribution in [2.75, 3.05) is 11.9 Å². The standard InChI is InChI=1S/C12H16N2O2/c1-9(2)7-13-12(16)10-4-3-5-11(6-10)14-8-15/h3-6,8-9H,7H2,1-2H3,(H,13,16)(H,14,15). The molecule has 1 rings (SSSR count). The van der Waals surface area contributed by atoms with Crippen LogP contribution in [0.1, 0.15) is 24.2 Å². The average molecular weight is 220 g/mol. The van der Waals surface area contributed by atoms with Gasteiger partial charge >= 0.3 is 0 Å². The molecule has 4 heteroatoms. The van der Waals surface area contributed by atoms with Crippen molar-refractivity contribution in [3.8, 4) is 0 Å². The molecule has 2 amide bonds. The van der Waals surface area contributed by atoms with Gasteiger partial charge < -0.3 is 10.6 Å². The molecular weight excluding hydrogens is 204 g/mol. The number of amides is 2. The minimum absolute atomic E-state index is 0.122. The number of hydrogen-bond acceptors (Lipinski definition) is 2. The van der Waals surface area contributed by atoms with Gasteiger partial charge in [0.1, 0.15) is 0 Å². The third-order valence-electron chi connectivity index (χ3n) is 2.02. The molecule has 0 aromatic heterocycles. The molecule has 16 heavy (non-hydrogen) atoms. The lowest BCUT2D eigenvalue weighted by molar-refractivity contribution is -0.105. The predicted octanol–water partition coefficient (Wildman–Crippen LogP) is 1.64. The van der Waals surface area contributed by atoms with Crippen LogP contribution in [0, 0.1) is 5.92 Å². The van der Waals surface area contributed by atoms with E-state index in [0.717, 1.165) is 0 Å². The van der Waals surface area contributed by atoms with Gasteiger partial charge in [-0.25, -0.2) is 0 Å².